The summed E-state index contributed by atoms with van der Waals surface area (Å²) in [7, 11) is 0. The van der Waals surface area contributed by atoms with Gasteiger partial charge in [0, 0.05) is 43.2 Å². The lowest BCUT2D eigenvalue weighted by Gasteiger charge is -2.39. The van der Waals surface area contributed by atoms with Crippen LogP contribution in [0.25, 0.3) is 0 Å². The van der Waals surface area contributed by atoms with E-state index in [4.69, 9.17) is 11.6 Å². The number of hydrogen-bond donors (Lipinski definition) is 1. The average molecular weight is 349 g/mol. The highest BCUT2D eigenvalue weighted by molar-refractivity contribution is 6.30. The van der Waals surface area contributed by atoms with Crippen molar-refractivity contribution in [3.05, 3.63) is 34.9 Å². The van der Waals surface area contributed by atoms with Gasteiger partial charge >= 0.3 is 0 Å². The predicted molar refractivity (Wildman–Crippen MR) is 94.1 cm³/mol. The number of amides is 1. The Labute approximate surface area is 148 Å². The first-order valence-electron chi connectivity index (χ1n) is 9.10. The Balaban J connectivity index is 1.31. The van der Waals surface area contributed by atoms with Crippen LogP contribution in [0.2, 0.25) is 5.02 Å². The Morgan fingerprint density at radius 2 is 1.96 bits per heavy atom. The maximum atomic E-state index is 12.7. The molecule has 0 radical (unpaired) electrons. The number of nitrogens with zero attached hydrogens (tertiary/aromatic N) is 2. The molecule has 2 saturated carbocycles. The van der Waals surface area contributed by atoms with E-state index in [1.165, 1.54) is 5.56 Å². The van der Waals surface area contributed by atoms with Gasteiger partial charge in [-0.15, -0.1) is 0 Å². The number of rotatable bonds is 3. The Bertz CT molecular complexity index is 615. The summed E-state index contributed by atoms with van der Waals surface area (Å²) in [4.78, 5) is 17.1. The molecule has 1 heterocycles. The van der Waals surface area contributed by atoms with E-state index in [0.29, 0.717) is 17.9 Å². The van der Waals surface area contributed by atoms with Crippen LogP contribution in [0.3, 0.4) is 0 Å². The molecule has 0 bridgehead atoms. The van der Waals surface area contributed by atoms with Crippen molar-refractivity contribution in [2.45, 2.75) is 43.7 Å². The fraction of sp³-hybridized carbons (Fsp3) is 0.632. The predicted octanol–water partition coefficient (Wildman–Crippen LogP) is 2.50. The van der Waals surface area contributed by atoms with Crippen LogP contribution in [-0.2, 0) is 4.79 Å². The van der Waals surface area contributed by atoms with Gasteiger partial charge in [-0.3, -0.25) is 9.69 Å². The third kappa shape index (κ3) is 3.19. The van der Waals surface area contributed by atoms with E-state index in [-0.39, 0.29) is 12.0 Å². The lowest BCUT2D eigenvalue weighted by Crippen LogP contribution is -2.54. The number of benzene rings is 1. The minimum Gasteiger partial charge on any atom is -0.391 e. The van der Waals surface area contributed by atoms with E-state index >= 15 is 0 Å². The van der Waals surface area contributed by atoms with Crippen LogP contribution in [0.1, 0.15) is 37.2 Å². The lowest BCUT2D eigenvalue weighted by molar-refractivity contribution is -0.135. The molecule has 24 heavy (non-hydrogen) atoms. The maximum absolute atomic E-state index is 12.7. The molecule has 0 unspecified atom stereocenters. The smallest absolute Gasteiger partial charge is 0.226 e. The second-order valence-electron chi connectivity index (χ2n) is 7.43. The van der Waals surface area contributed by atoms with Crippen LogP contribution in [-0.4, -0.2) is 59.1 Å². The summed E-state index contributed by atoms with van der Waals surface area (Å²) in [5.74, 6) is 0.768. The molecule has 1 aliphatic heterocycles. The Kier molecular flexibility index (Phi) is 4.54. The van der Waals surface area contributed by atoms with Gasteiger partial charge in [-0.05, 0) is 49.3 Å². The zero-order valence-electron chi connectivity index (χ0n) is 13.9. The third-order valence-electron chi connectivity index (χ3n) is 5.92. The molecule has 5 heteroatoms. The summed E-state index contributed by atoms with van der Waals surface area (Å²) in [6.45, 7) is 3.37. The topological polar surface area (TPSA) is 43.8 Å². The van der Waals surface area contributed by atoms with Crippen molar-refractivity contribution in [3.8, 4) is 0 Å². The average Bonchev–Trinajstić information content (AvgIpc) is 3.29. The number of carbonyl (C=O) groups excluding carboxylic acids is 1. The summed E-state index contributed by atoms with van der Waals surface area (Å²) in [6.07, 6.45) is 3.90. The fourth-order valence-corrected chi connectivity index (χ4v) is 4.63. The van der Waals surface area contributed by atoms with E-state index in [2.05, 4.69) is 11.0 Å². The highest BCUT2D eigenvalue weighted by Gasteiger charge is 2.46. The second kappa shape index (κ2) is 6.66. The van der Waals surface area contributed by atoms with Crippen LogP contribution in [0.5, 0.6) is 0 Å². The molecule has 130 valence electrons. The molecule has 0 spiro atoms. The molecule has 0 aromatic heterocycles. The summed E-state index contributed by atoms with van der Waals surface area (Å²) >= 11 is 6.06. The van der Waals surface area contributed by atoms with Crippen LogP contribution in [0.4, 0.5) is 0 Å². The first-order chi connectivity index (χ1) is 11.6. The first-order valence-corrected chi connectivity index (χ1v) is 9.47. The van der Waals surface area contributed by atoms with Gasteiger partial charge in [0.05, 0.1) is 6.10 Å². The Hall–Kier alpha value is -1.10. The van der Waals surface area contributed by atoms with E-state index in [9.17, 15) is 9.90 Å². The number of halogens is 1. The minimum absolute atomic E-state index is 0.132. The van der Waals surface area contributed by atoms with Gasteiger partial charge in [-0.1, -0.05) is 23.7 Å². The zero-order valence-corrected chi connectivity index (χ0v) is 14.7. The maximum Gasteiger partial charge on any atom is 0.226 e. The molecular formula is C19H25ClN2O2. The van der Waals surface area contributed by atoms with Crippen LogP contribution >= 0.6 is 11.6 Å². The van der Waals surface area contributed by atoms with E-state index in [0.717, 1.165) is 56.9 Å². The minimum atomic E-state index is -0.178. The van der Waals surface area contributed by atoms with Crippen molar-refractivity contribution in [3.63, 3.8) is 0 Å². The SMILES string of the molecule is O=C([C@@H]1C[C@@H]1c1cccc(Cl)c1)N1CCN([C@H]2CCC[C@@H]2O)CC1. The highest BCUT2D eigenvalue weighted by Crippen LogP contribution is 2.49. The third-order valence-corrected chi connectivity index (χ3v) is 6.16. The van der Waals surface area contributed by atoms with Crippen molar-refractivity contribution < 1.29 is 9.90 Å². The molecule has 1 saturated heterocycles. The number of piperazine rings is 1. The van der Waals surface area contributed by atoms with Gasteiger partial charge in [0.2, 0.25) is 5.91 Å². The van der Waals surface area contributed by atoms with Gasteiger partial charge in [0.1, 0.15) is 0 Å². The lowest BCUT2D eigenvalue weighted by atomic mass is 10.1. The number of aliphatic hydroxyl groups excluding tert-OH is 1. The van der Waals surface area contributed by atoms with E-state index in [1.54, 1.807) is 0 Å². The second-order valence-corrected chi connectivity index (χ2v) is 7.87. The monoisotopic (exact) mass is 348 g/mol. The summed E-state index contributed by atoms with van der Waals surface area (Å²) < 4.78 is 0. The van der Waals surface area contributed by atoms with Gasteiger partial charge in [0.25, 0.3) is 0 Å². The van der Waals surface area contributed by atoms with Gasteiger partial charge in [-0.2, -0.15) is 0 Å². The largest absolute Gasteiger partial charge is 0.391 e. The molecular weight excluding hydrogens is 324 g/mol. The fourth-order valence-electron chi connectivity index (χ4n) is 4.43. The molecule has 4 rings (SSSR count). The van der Waals surface area contributed by atoms with Gasteiger partial charge in [0.15, 0.2) is 0 Å². The molecule has 1 aromatic rings. The molecule has 1 amide bonds. The van der Waals surface area contributed by atoms with Crippen LogP contribution < -0.4 is 0 Å². The molecule has 1 N–H and O–H groups in total. The molecule has 4 atom stereocenters. The van der Waals surface area contributed by atoms with Gasteiger partial charge < -0.3 is 10.0 Å². The van der Waals surface area contributed by atoms with Crippen molar-refractivity contribution in [1.29, 1.82) is 0 Å². The highest BCUT2D eigenvalue weighted by atomic mass is 35.5. The van der Waals surface area contributed by atoms with Crippen molar-refractivity contribution in [2.24, 2.45) is 5.92 Å². The van der Waals surface area contributed by atoms with E-state index in [1.807, 2.05) is 23.1 Å². The number of aliphatic hydroxyl groups is 1. The van der Waals surface area contributed by atoms with Crippen molar-refractivity contribution >= 4 is 17.5 Å². The Morgan fingerprint density at radius 1 is 1.17 bits per heavy atom. The van der Waals surface area contributed by atoms with Crippen LogP contribution in [0, 0.1) is 5.92 Å². The molecule has 2 aliphatic carbocycles. The normalized spacial score (nSPS) is 33.7. The van der Waals surface area contributed by atoms with E-state index < -0.39 is 0 Å². The standard InChI is InChI=1S/C19H25ClN2O2/c20-14-4-1-3-13(11-14)15-12-16(15)19(24)22-9-7-21(8-10-22)17-5-2-6-18(17)23/h1,3-4,11,15-18,23H,2,5-10,12H2/t15-,16-,17+,18+/m1/s1. The first kappa shape index (κ1) is 16.4. The molecule has 4 nitrogen and oxygen atoms in total. The Morgan fingerprint density at radius 3 is 2.62 bits per heavy atom. The van der Waals surface area contributed by atoms with Crippen molar-refractivity contribution in [2.75, 3.05) is 26.2 Å². The summed E-state index contributed by atoms with van der Waals surface area (Å²) in [5.41, 5.74) is 1.19. The number of carbonyl (C=O) groups is 1. The molecule has 1 aromatic carbocycles. The molecule has 3 aliphatic rings. The number of hydrogen-bond acceptors (Lipinski definition) is 3. The quantitative estimate of drug-likeness (QED) is 0.912. The van der Waals surface area contributed by atoms with Crippen molar-refractivity contribution in [1.82, 2.24) is 9.80 Å². The van der Waals surface area contributed by atoms with Gasteiger partial charge in [-0.25, -0.2) is 0 Å². The zero-order chi connectivity index (χ0) is 16.7. The molecule has 3 fully saturated rings. The summed E-state index contributed by atoms with van der Waals surface area (Å²) in [5, 5.41) is 10.8. The van der Waals surface area contributed by atoms with Crippen LogP contribution in [0.15, 0.2) is 24.3 Å². The summed E-state index contributed by atoms with van der Waals surface area (Å²) in [6, 6.07) is 8.20.